The molecule has 1 aromatic carbocycles. The van der Waals surface area contributed by atoms with Crippen LogP contribution in [0.15, 0.2) is 24.3 Å². The lowest BCUT2D eigenvalue weighted by Crippen LogP contribution is -2.27. The molecule has 1 amide bonds. The number of para-hydroxylation sites is 1. The first-order chi connectivity index (χ1) is 9.00. The van der Waals surface area contributed by atoms with Crippen molar-refractivity contribution in [2.24, 2.45) is 5.92 Å². The molecule has 19 heavy (non-hydrogen) atoms. The van der Waals surface area contributed by atoms with Crippen molar-refractivity contribution in [3.05, 3.63) is 29.8 Å². The van der Waals surface area contributed by atoms with E-state index in [1.807, 2.05) is 24.3 Å². The Morgan fingerprint density at radius 2 is 2.05 bits per heavy atom. The van der Waals surface area contributed by atoms with Crippen molar-refractivity contribution in [3.63, 3.8) is 0 Å². The third-order valence-electron chi connectivity index (χ3n) is 3.00. The molecule has 4 N–H and O–H groups in total. The second kappa shape index (κ2) is 7.41. The third-order valence-corrected chi connectivity index (χ3v) is 3.00. The summed E-state index contributed by atoms with van der Waals surface area (Å²) >= 11 is 0. The molecule has 0 saturated heterocycles. The van der Waals surface area contributed by atoms with E-state index >= 15 is 0 Å². The van der Waals surface area contributed by atoms with Crippen LogP contribution >= 0.6 is 0 Å². The van der Waals surface area contributed by atoms with Gasteiger partial charge in [-0.3, -0.25) is 9.59 Å². The van der Waals surface area contributed by atoms with Gasteiger partial charge in [-0.1, -0.05) is 25.1 Å². The zero-order valence-electron chi connectivity index (χ0n) is 11.1. The number of hydrogen-bond acceptors (Lipinski definition) is 3. The highest BCUT2D eigenvalue weighted by Crippen LogP contribution is 2.12. The molecule has 0 aliphatic rings. The second-order valence-electron chi connectivity index (χ2n) is 4.58. The van der Waals surface area contributed by atoms with Gasteiger partial charge in [0.15, 0.2) is 0 Å². The van der Waals surface area contributed by atoms with E-state index in [9.17, 15) is 9.59 Å². The minimum atomic E-state index is -0.841. The van der Waals surface area contributed by atoms with Crippen molar-refractivity contribution in [2.45, 2.75) is 26.2 Å². The SMILES string of the molecule is CC(CCNC(=O)CCc1ccccc1N)C(=O)O. The summed E-state index contributed by atoms with van der Waals surface area (Å²) < 4.78 is 0. The Morgan fingerprint density at radius 3 is 2.68 bits per heavy atom. The fraction of sp³-hybridized carbons (Fsp3) is 0.429. The molecule has 0 bridgehead atoms. The standard InChI is InChI=1S/C14H20N2O3/c1-10(14(18)19)8-9-16-13(17)7-6-11-4-2-3-5-12(11)15/h2-5,10H,6-9,15H2,1H3,(H,16,17)(H,18,19). The van der Waals surface area contributed by atoms with Crippen molar-refractivity contribution in [1.82, 2.24) is 5.32 Å². The van der Waals surface area contributed by atoms with Gasteiger partial charge in [-0.05, 0) is 24.5 Å². The van der Waals surface area contributed by atoms with E-state index in [0.29, 0.717) is 31.5 Å². The Morgan fingerprint density at radius 1 is 1.37 bits per heavy atom. The Hall–Kier alpha value is -2.04. The quantitative estimate of drug-likeness (QED) is 0.649. The summed E-state index contributed by atoms with van der Waals surface area (Å²) in [5.74, 6) is -1.36. The maximum absolute atomic E-state index is 11.6. The number of amides is 1. The monoisotopic (exact) mass is 264 g/mol. The lowest BCUT2D eigenvalue weighted by molar-refractivity contribution is -0.141. The molecular formula is C14H20N2O3. The topological polar surface area (TPSA) is 92.4 Å². The van der Waals surface area contributed by atoms with Crippen LogP contribution < -0.4 is 11.1 Å². The van der Waals surface area contributed by atoms with E-state index < -0.39 is 11.9 Å². The van der Waals surface area contributed by atoms with Gasteiger partial charge in [0, 0.05) is 18.7 Å². The van der Waals surface area contributed by atoms with Gasteiger partial charge in [0.2, 0.25) is 5.91 Å². The van der Waals surface area contributed by atoms with Crippen LogP contribution in [0.5, 0.6) is 0 Å². The number of benzene rings is 1. The van der Waals surface area contributed by atoms with Crippen molar-refractivity contribution < 1.29 is 14.7 Å². The van der Waals surface area contributed by atoms with Crippen LogP contribution in [-0.2, 0) is 16.0 Å². The fourth-order valence-electron chi connectivity index (χ4n) is 1.65. The van der Waals surface area contributed by atoms with Crippen molar-refractivity contribution in [1.29, 1.82) is 0 Å². The molecule has 5 nitrogen and oxygen atoms in total. The maximum Gasteiger partial charge on any atom is 0.306 e. The van der Waals surface area contributed by atoms with Gasteiger partial charge in [0.05, 0.1) is 5.92 Å². The van der Waals surface area contributed by atoms with E-state index in [0.717, 1.165) is 5.56 Å². The summed E-state index contributed by atoms with van der Waals surface area (Å²) in [5.41, 5.74) is 7.43. The Labute approximate surface area is 112 Å². The van der Waals surface area contributed by atoms with Gasteiger partial charge >= 0.3 is 5.97 Å². The third kappa shape index (κ3) is 5.42. The number of rotatable bonds is 7. The van der Waals surface area contributed by atoms with Gasteiger partial charge in [0.1, 0.15) is 0 Å². The molecule has 0 aromatic heterocycles. The summed E-state index contributed by atoms with van der Waals surface area (Å²) in [5, 5.41) is 11.4. The summed E-state index contributed by atoms with van der Waals surface area (Å²) in [6, 6.07) is 7.45. The number of carboxylic acids is 1. The van der Waals surface area contributed by atoms with Crippen LogP contribution in [0.4, 0.5) is 5.69 Å². The summed E-state index contributed by atoms with van der Waals surface area (Å²) in [7, 11) is 0. The van der Waals surface area contributed by atoms with Crippen LogP contribution in [0, 0.1) is 5.92 Å². The van der Waals surface area contributed by atoms with E-state index in [1.165, 1.54) is 0 Å². The van der Waals surface area contributed by atoms with Crippen molar-refractivity contribution in [2.75, 3.05) is 12.3 Å². The molecule has 1 aromatic rings. The number of nitrogens with one attached hydrogen (secondary N) is 1. The van der Waals surface area contributed by atoms with Gasteiger partial charge in [-0.15, -0.1) is 0 Å². The number of carbonyl (C=O) groups is 2. The minimum absolute atomic E-state index is 0.0826. The number of aryl methyl sites for hydroxylation is 1. The molecule has 0 heterocycles. The molecule has 1 atom stereocenters. The Balaban J connectivity index is 2.25. The molecule has 1 rings (SSSR count). The molecule has 5 heteroatoms. The minimum Gasteiger partial charge on any atom is -0.481 e. The molecule has 1 unspecified atom stereocenters. The first kappa shape index (κ1) is 15.0. The number of aliphatic carboxylic acids is 1. The second-order valence-corrected chi connectivity index (χ2v) is 4.58. The lowest BCUT2D eigenvalue weighted by atomic mass is 10.1. The van der Waals surface area contributed by atoms with Gasteiger partial charge in [0.25, 0.3) is 0 Å². The lowest BCUT2D eigenvalue weighted by Gasteiger charge is -2.08. The molecule has 0 aliphatic carbocycles. The zero-order valence-corrected chi connectivity index (χ0v) is 11.1. The highest BCUT2D eigenvalue weighted by atomic mass is 16.4. The maximum atomic E-state index is 11.6. The normalized spacial score (nSPS) is 11.8. The van der Waals surface area contributed by atoms with Gasteiger partial charge < -0.3 is 16.2 Å². The smallest absolute Gasteiger partial charge is 0.306 e. The predicted octanol–water partition coefficient (Wildman–Crippen LogP) is 1.43. The number of carboxylic acid groups (broad SMARTS) is 1. The van der Waals surface area contributed by atoms with Crippen molar-refractivity contribution in [3.8, 4) is 0 Å². The summed E-state index contributed by atoms with van der Waals surface area (Å²) in [6.07, 6.45) is 1.39. The number of carbonyl (C=O) groups excluding carboxylic acids is 1. The first-order valence-corrected chi connectivity index (χ1v) is 6.33. The van der Waals surface area contributed by atoms with Crippen LogP contribution in [-0.4, -0.2) is 23.5 Å². The van der Waals surface area contributed by atoms with Gasteiger partial charge in [-0.25, -0.2) is 0 Å². The van der Waals surface area contributed by atoms with E-state index in [1.54, 1.807) is 6.92 Å². The average molecular weight is 264 g/mol. The highest BCUT2D eigenvalue weighted by molar-refractivity contribution is 5.76. The largest absolute Gasteiger partial charge is 0.481 e. The predicted molar refractivity (Wildman–Crippen MR) is 73.6 cm³/mol. The Bertz CT molecular complexity index is 446. The zero-order chi connectivity index (χ0) is 14.3. The number of nitrogen functional groups attached to an aromatic ring is 1. The fourth-order valence-corrected chi connectivity index (χ4v) is 1.65. The molecule has 0 spiro atoms. The molecule has 0 radical (unpaired) electrons. The average Bonchev–Trinajstić information content (AvgIpc) is 2.37. The van der Waals surface area contributed by atoms with E-state index in [2.05, 4.69) is 5.32 Å². The molecule has 0 saturated carbocycles. The number of hydrogen-bond donors (Lipinski definition) is 3. The van der Waals surface area contributed by atoms with Crippen LogP contribution in [0.1, 0.15) is 25.3 Å². The van der Waals surface area contributed by atoms with Crippen LogP contribution in [0.25, 0.3) is 0 Å². The summed E-state index contributed by atoms with van der Waals surface area (Å²) in [4.78, 5) is 22.2. The molecule has 0 aliphatic heterocycles. The highest BCUT2D eigenvalue weighted by Gasteiger charge is 2.11. The first-order valence-electron chi connectivity index (χ1n) is 6.33. The molecule has 0 fully saturated rings. The molecule has 104 valence electrons. The Kier molecular flexibility index (Phi) is 5.85. The number of anilines is 1. The number of nitrogens with two attached hydrogens (primary N) is 1. The van der Waals surface area contributed by atoms with Crippen molar-refractivity contribution >= 4 is 17.6 Å². The van der Waals surface area contributed by atoms with E-state index in [4.69, 9.17) is 10.8 Å². The molecular weight excluding hydrogens is 244 g/mol. The van der Waals surface area contributed by atoms with E-state index in [-0.39, 0.29) is 5.91 Å². The summed E-state index contributed by atoms with van der Waals surface area (Å²) in [6.45, 7) is 2.01. The van der Waals surface area contributed by atoms with Gasteiger partial charge in [-0.2, -0.15) is 0 Å². The van der Waals surface area contributed by atoms with Crippen LogP contribution in [0.2, 0.25) is 0 Å². The van der Waals surface area contributed by atoms with Crippen LogP contribution in [0.3, 0.4) is 0 Å².